The molecule has 1 aliphatic rings. The van der Waals surface area contributed by atoms with Gasteiger partial charge in [-0.25, -0.2) is 18.2 Å². The van der Waals surface area contributed by atoms with Gasteiger partial charge in [0.2, 0.25) is 5.92 Å². The van der Waals surface area contributed by atoms with Crippen molar-refractivity contribution in [3.63, 3.8) is 0 Å². The van der Waals surface area contributed by atoms with Gasteiger partial charge in [0.1, 0.15) is 6.73 Å². The molecule has 1 aromatic heterocycles. The standard InChI is InChI=1S/C20H20F3N3O2/c1-20(22,23)6-7-28-19-5-2-13(8-15(19)21)18-10-27-12-26(18)14-3-4-16-17(9-14)25-11-24-16/h2-5,8-9,11,18H,6-7,10,12H2,1H3,(H,24,25)/t18-/m1/s1. The molecule has 2 heterocycles. The molecule has 3 aromatic rings. The summed E-state index contributed by atoms with van der Waals surface area (Å²) in [5.41, 5.74) is 3.44. The van der Waals surface area contributed by atoms with Crippen molar-refractivity contribution in [1.82, 2.24) is 9.97 Å². The number of halogens is 3. The van der Waals surface area contributed by atoms with Crippen LogP contribution in [0.5, 0.6) is 5.75 Å². The number of benzene rings is 2. The molecular weight excluding hydrogens is 371 g/mol. The normalized spacial score (nSPS) is 17.4. The highest BCUT2D eigenvalue weighted by Gasteiger charge is 2.28. The average molecular weight is 391 g/mol. The Morgan fingerprint density at radius 1 is 1.29 bits per heavy atom. The highest BCUT2D eigenvalue weighted by atomic mass is 19.3. The van der Waals surface area contributed by atoms with Gasteiger partial charge in [0, 0.05) is 12.1 Å². The van der Waals surface area contributed by atoms with Crippen LogP contribution < -0.4 is 9.64 Å². The molecule has 4 rings (SSSR count). The summed E-state index contributed by atoms with van der Waals surface area (Å²) >= 11 is 0. The van der Waals surface area contributed by atoms with Gasteiger partial charge in [-0.2, -0.15) is 0 Å². The number of ether oxygens (including phenoxy) is 2. The van der Waals surface area contributed by atoms with Crippen molar-refractivity contribution in [2.45, 2.75) is 25.3 Å². The summed E-state index contributed by atoms with van der Waals surface area (Å²) < 4.78 is 51.0. The first kappa shape index (κ1) is 18.6. The minimum atomic E-state index is -2.84. The maximum absolute atomic E-state index is 14.4. The van der Waals surface area contributed by atoms with E-state index in [1.165, 1.54) is 12.1 Å². The Labute approximate surface area is 160 Å². The number of nitrogens with one attached hydrogen (secondary N) is 1. The van der Waals surface area contributed by atoms with Gasteiger partial charge in [0.25, 0.3) is 0 Å². The van der Waals surface area contributed by atoms with Crippen molar-refractivity contribution in [2.75, 3.05) is 24.8 Å². The molecule has 0 radical (unpaired) electrons. The number of hydrogen-bond donors (Lipinski definition) is 1. The monoisotopic (exact) mass is 391 g/mol. The fraction of sp³-hybridized carbons (Fsp3) is 0.350. The van der Waals surface area contributed by atoms with Crippen molar-refractivity contribution in [1.29, 1.82) is 0 Å². The van der Waals surface area contributed by atoms with Gasteiger partial charge in [-0.05, 0) is 42.8 Å². The quantitative estimate of drug-likeness (QED) is 0.664. The summed E-state index contributed by atoms with van der Waals surface area (Å²) in [4.78, 5) is 9.32. The van der Waals surface area contributed by atoms with Gasteiger partial charge < -0.3 is 19.4 Å². The van der Waals surface area contributed by atoms with Crippen molar-refractivity contribution in [2.24, 2.45) is 0 Å². The first-order valence-corrected chi connectivity index (χ1v) is 8.98. The third-order valence-corrected chi connectivity index (χ3v) is 4.76. The number of aromatic nitrogens is 2. The Kier molecular flexibility index (Phi) is 4.89. The number of aromatic amines is 1. The van der Waals surface area contributed by atoms with Gasteiger partial charge in [-0.15, -0.1) is 0 Å². The zero-order valence-corrected chi connectivity index (χ0v) is 15.3. The number of imidazole rings is 1. The number of anilines is 1. The lowest BCUT2D eigenvalue weighted by molar-refractivity contribution is 0.000476. The van der Waals surface area contributed by atoms with E-state index >= 15 is 0 Å². The summed E-state index contributed by atoms with van der Waals surface area (Å²) in [5.74, 6) is -3.45. The minimum Gasteiger partial charge on any atom is -0.490 e. The average Bonchev–Trinajstić information content (AvgIpc) is 3.30. The Balaban J connectivity index is 1.51. The van der Waals surface area contributed by atoms with Crippen LogP contribution in [0.3, 0.4) is 0 Å². The van der Waals surface area contributed by atoms with Crippen LogP contribution in [0.2, 0.25) is 0 Å². The summed E-state index contributed by atoms with van der Waals surface area (Å²) in [6, 6.07) is 10.3. The summed E-state index contributed by atoms with van der Waals surface area (Å²) in [6.45, 7) is 1.37. The van der Waals surface area contributed by atoms with Gasteiger partial charge in [-0.3, -0.25) is 0 Å². The maximum atomic E-state index is 14.4. The van der Waals surface area contributed by atoms with E-state index in [-0.39, 0.29) is 18.4 Å². The second-order valence-corrected chi connectivity index (χ2v) is 6.95. The number of hydrogen-bond acceptors (Lipinski definition) is 4. The Bertz CT molecular complexity index is 971. The van der Waals surface area contributed by atoms with Crippen molar-refractivity contribution >= 4 is 16.7 Å². The molecule has 1 saturated heterocycles. The predicted molar refractivity (Wildman–Crippen MR) is 99.3 cm³/mol. The van der Waals surface area contributed by atoms with Crippen LogP contribution >= 0.6 is 0 Å². The molecule has 5 nitrogen and oxygen atoms in total. The molecule has 0 aliphatic carbocycles. The van der Waals surface area contributed by atoms with E-state index in [1.807, 2.05) is 23.1 Å². The summed E-state index contributed by atoms with van der Waals surface area (Å²) in [6.07, 6.45) is 1.17. The van der Waals surface area contributed by atoms with E-state index < -0.39 is 18.2 Å². The molecule has 148 valence electrons. The molecule has 1 fully saturated rings. The van der Waals surface area contributed by atoms with E-state index in [2.05, 4.69) is 9.97 Å². The number of fused-ring (bicyclic) bond motifs is 1. The summed E-state index contributed by atoms with van der Waals surface area (Å²) in [7, 11) is 0. The lowest BCUT2D eigenvalue weighted by Crippen LogP contribution is -2.23. The molecule has 28 heavy (non-hydrogen) atoms. The second kappa shape index (κ2) is 7.35. The number of alkyl halides is 2. The topological polar surface area (TPSA) is 50.4 Å². The SMILES string of the molecule is CC(F)(F)CCOc1ccc([C@H]2COCN2c2ccc3nc[nH]c3c2)cc1F. The van der Waals surface area contributed by atoms with Crippen molar-refractivity contribution in [3.05, 3.63) is 54.1 Å². The predicted octanol–water partition coefficient (Wildman–Crippen LogP) is 4.66. The molecule has 0 bridgehead atoms. The van der Waals surface area contributed by atoms with E-state index in [4.69, 9.17) is 9.47 Å². The number of H-pyrrole nitrogens is 1. The molecule has 1 atom stereocenters. The smallest absolute Gasteiger partial charge is 0.248 e. The molecule has 0 amide bonds. The maximum Gasteiger partial charge on any atom is 0.248 e. The third kappa shape index (κ3) is 3.91. The van der Waals surface area contributed by atoms with Gasteiger partial charge >= 0.3 is 0 Å². The minimum absolute atomic E-state index is 0.0302. The molecule has 0 unspecified atom stereocenters. The highest BCUT2D eigenvalue weighted by Crippen LogP contribution is 2.34. The van der Waals surface area contributed by atoms with Crippen LogP contribution in [0, 0.1) is 5.82 Å². The highest BCUT2D eigenvalue weighted by molar-refractivity contribution is 5.79. The van der Waals surface area contributed by atoms with E-state index in [1.54, 1.807) is 12.4 Å². The van der Waals surface area contributed by atoms with Crippen LogP contribution in [0.1, 0.15) is 24.9 Å². The molecule has 1 N–H and O–H groups in total. The van der Waals surface area contributed by atoms with Crippen molar-refractivity contribution < 1.29 is 22.6 Å². The van der Waals surface area contributed by atoms with E-state index in [0.717, 1.165) is 29.2 Å². The molecule has 2 aromatic carbocycles. The molecule has 0 spiro atoms. The van der Waals surface area contributed by atoms with Crippen LogP contribution in [0.4, 0.5) is 18.9 Å². The van der Waals surface area contributed by atoms with Crippen molar-refractivity contribution in [3.8, 4) is 5.75 Å². The first-order valence-electron chi connectivity index (χ1n) is 8.98. The zero-order chi connectivity index (χ0) is 19.7. The van der Waals surface area contributed by atoms with Gasteiger partial charge in [0.15, 0.2) is 11.6 Å². The largest absolute Gasteiger partial charge is 0.490 e. The van der Waals surface area contributed by atoms with Gasteiger partial charge in [0.05, 0.1) is 36.6 Å². The fourth-order valence-electron chi connectivity index (χ4n) is 3.26. The Morgan fingerprint density at radius 3 is 2.93 bits per heavy atom. The Hall–Kier alpha value is -2.74. The zero-order valence-electron chi connectivity index (χ0n) is 15.3. The number of nitrogens with zero attached hydrogens (tertiary/aromatic N) is 2. The van der Waals surface area contributed by atoms with Crippen LogP contribution in [-0.2, 0) is 4.74 Å². The number of rotatable bonds is 6. The Morgan fingerprint density at radius 2 is 2.14 bits per heavy atom. The van der Waals surface area contributed by atoms with Crippen LogP contribution in [0.25, 0.3) is 11.0 Å². The molecule has 1 aliphatic heterocycles. The molecule has 0 saturated carbocycles. The molecular formula is C20H20F3N3O2. The first-order chi connectivity index (χ1) is 13.4. The fourth-order valence-corrected chi connectivity index (χ4v) is 3.26. The second-order valence-electron chi connectivity index (χ2n) is 6.95. The lowest BCUT2D eigenvalue weighted by Gasteiger charge is -2.25. The third-order valence-electron chi connectivity index (χ3n) is 4.76. The van der Waals surface area contributed by atoms with Crippen LogP contribution in [0.15, 0.2) is 42.7 Å². The lowest BCUT2D eigenvalue weighted by atomic mass is 10.1. The summed E-state index contributed by atoms with van der Waals surface area (Å²) in [5, 5.41) is 0. The van der Waals surface area contributed by atoms with E-state index in [0.29, 0.717) is 13.3 Å². The van der Waals surface area contributed by atoms with E-state index in [9.17, 15) is 13.2 Å². The van der Waals surface area contributed by atoms with Crippen LogP contribution in [-0.4, -0.2) is 35.8 Å². The molecule has 8 heteroatoms. The van der Waals surface area contributed by atoms with Gasteiger partial charge in [-0.1, -0.05) is 6.07 Å².